The van der Waals surface area contributed by atoms with Crippen LogP contribution < -0.4 is 0 Å². The lowest BCUT2D eigenvalue weighted by Crippen LogP contribution is -2.33. The molecule has 13 heteroatoms. The smallest absolute Gasteiger partial charge is 0.435 e. The number of halogens is 8. The van der Waals surface area contributed by atoms with E-state index in [4.69, 9.17) is 0 Å². The van der Waals surface area contributed by atoms with Crippen molar-refractivity contribution in [3.05, 3.63) is 52.8 Å². The summed E-state index contributed by atoms with van der Waals surface area (Å²) < 4.78 is 111. The minimum absolute atomic E-state index is 0.163. The highest BCUT2D eigenvalue weighted by Gasteiger charge is 2.63. The van der Waals surface area contributed by atoms with Crippen LogP contribution in [0, 0.1) is 0 Å². The Bertz CT molecular complexity index is 996. The van der Waals surface area contributed by atoms with Gasteiger partial charge in [-0.3, -0.25) is 9.48 Å². The molecular formula is C18H12F8N2O3. The second-order valence-corrected chi connectivity index (χ2v) is 6.65. The van der Waals surface area contributed by atoms with Gasteiger partial charge < -0.3 is 4.74 Å². The number of hydrogen-bond donors (Lipinski definition) is 0. The third-order valence-corrected chi connectivity index (χ3v) is 4.43. The first-order chi connectivity index (χ1) is 14.2. The van der Waals surface area contributed by atoms with Crippen LogP contribution in [-0.4, -0.2) is 33.6 Å². The van der Waals surface area contributed by atoms with E-state index >= 15 is 0 Å². The van der Waals surface area contributed by atoms with Gasteiger partial charge in [-0.15, -0.1) is 0 Å². The lowest BCUT2D eigenvalue weighted by Gasteiger charge is -2.20. The van der Waals surface area contributed by atoms with Crippen LogP contribution in [0.4, 0.5) is 35.1 Å². The van der Waals surface area contributed by atoms with Crippen LogP contribution in [0.3, 0.4) is 0 Å². The van der Waals surface area contributed by atoms with Gasteiger partial charge in [-0.2, -0.15) is 40.2 Å². The summed E-state index contributed by atoms with van der Waals surface area (Å²) in [7, 11) is 0. The Hall–Kier alpha value is -2.99. The Morgan fingerprint density at radius 2 is 1.71 bits per heavy atom. The average molecular weight is 456 g/mol. The number of benzene rings is 1. The molecule has 0 fully saturated rings. The SMILES string of the molecule is O=C(O[C@H]1c2c(C(F)(F)F)nn(CCCC(F)(F)F)c2C(=O)C1(F)F)c1ccccc1. The van der Waals surface area contributed by atoms with Crippen LogP contribution in [-0.2, 0) is 17.5 Å². The van der Waals surface area contributed by atoms with E-state index in [0.717, 1.165) is 12.1 Å². The number of esters is 1. The lowest BCUT2D eigenvalue weighted by atomic mass is 10.1. The van der Waals surface area contributed by atoms with Crippen LogP contribution >= 0.6 is 0 Å². The number of rotatable bonds is 5. The quantitative estimate of drug-likeness (QED) is 0.471. The van der Waals surface area contributed by atoms with Crippen molar-refractivity contribution in [3.8, 4) is 0 Å². The van der Waals surface area contributed by atoms with Crippen molar-refractivity contribution < 1.29 is 49.4 Å². The van der Waals surface area contributed by atoms with Gasteiger partial charge in [-0.05, 0) is 18.6 Å². The maximum absolute atomic E-state index is 14.5. The first-order valence-electron chi connectivity index (χ1n) is 8.66. The molecule has 3 rings (SSSR count). The number of carbonyl (C=O) groups is 2. The summed E-state index contributed by atoms with van der Waals surface area (Å²) in [4.78, 5) is 24.3. The number of fused-ring (bicyclic) bond motifs is 1. The number of ketones is 1. The lowest BCUT2D eigenvalue weighted by molar-refractivity contribution is -0.145. The van der Waals surface area contributed by atoms with Crippen molar-refractivity contribution in [1.82, 2.24) is 9.78 Å². The average Bonchev–Trinajstić information content (AvgIpc) is 3.11. The van der Waals surface area contributed by atoms with E-state index < -0.39 is 72.5 Å². The fourth-order valence-electron chi connectivity index (χ4n) is 3.10. The van der Waals surface area contributed by atoms with Crippen molar-refractivity contribution in [2.24, 2.45) is 0 Å². The van der Waals surface area contributed by atoms with Crippen molar-refractivity contribution in [2.75, 3.05) is 0 Å². The topological polar surface area (TPSA) is 61.2 Å². The zero-order valence-electron chi connectivity index (χ0n) is 15.2. The number of ether oxygens (including phenoxy) is 1. The van der Waals surface area contributed by atoms with E-state index in [1.807, 2.05) is 0 Å². The van der Waals surface area contributed by atoms with Crippen LogP contribution in [0.2, 0.25) is 0 Å². The van der Waals surface area contributed by atoms with Crippen molar-refractivity contribution >= 4 is 11.8 Å². The molecule has 1 aliphatic carbocycles. The minimum atomic E-state index is -5.34. The molecule has 31 heavy (non-hydrogen) atoms. The highest BCUT2D eigenvalue weighted by molar-refractivity contribution is 6.06. The molecule has 0 radical (unpaired) electrons. The first kappa shape index (κ1) is 22.7. The number of Topliss-reactive ketones (excluding diaryl/α,β-unsaturated/α-hetero) is 1. The number of carbonyl (C=O) groups excluding carboxylic acids is 2. The zero-order valence-corrected chi connectivity index (χ0v) is 15.2. The number of alkyl halides is 8. The Morgan fingerprint density at radius 3 is 2.26 bits per heavy atom. The molecule has 0 amide bonds. The van der Waals surface area contributed by atoms with Crippen molar-refractivity contribution in [3.63, 3.8) is 0 Å². The van der Waals surface area contributed by atoms with E-state index in [1.54, 1.807) is 0 Å². The van der Waals surface area contributed by atoms with E-state index in [9.17, 15) is 44.7 Å². The van der Waals surface area contributed by atoms with Gasteiger partial charge >= 0.3 is 24.2 Å². The van der Waals surface area contributed by atoms with Gasteiger partial charge in [0.25, 0.3) is 5.78 Å². The van der Waals surface area contributed by atoms with Gasteiger partial charge in [0, 0.05) is 13.0 Å². The van der Waals surface area contributed by atoms with Gasteiger partial charge in [0.15, 0.2) is 5.69 Å². The standard InChI is InChI=1S/C18H12F8N2O3/c19-16(20,21)7-4-8-28-11-10(12(27-28)18(24,25)26)14(17(22,23)13(11)29)31-15(30)9-5-2-1-3-6-9/h1-3,5-6,14H,4,7-8H2/t14-/m0/s1. The number of nitrogens with zero attached hydrogens (tertiary/aromatic N) is 2. The van der Waals surface area contributed by atoms with Gasteiger partial charge in [-0.25, -0.2) is 4.79 Å². The number of hydrogen-bond acceptors (Lipinski definition) is 4. The molecule has 2 aromatic rings. The van der Waals surface area contributed by atoms with Gasteiger partial charge in [0.05, 0.1) is 11.1 Å². The number of aromatic nitrogens is 2. The zero-order chi connectivity index (χ0) is 23.2. The van der Waals surface area contributed by atoms with Gasteiger partial charge in [0.1, 0.15) is 5.69 Å². The van der Waals surface area contributed by atoms with E-state index in [1.165, 1.54) is 18.2 Å². The molecule has 0 aliphatic heterocycles. The molecule has 0 saturated heterocycles. The summed E-state index contributed by atoms with van der Waals surface area (Å²) in [6, 6.07) is 6.49. The van der Waals surface area contributed by atoms with Gasteiger partial charge in [0.2, 0.25) is 6.10 Å². The molecule has 5 nitrogen and oxygen atoms in total. The predicted molar refractivity (Wildman–Crippen MR) is 86.4 cm³/mol. The maximum Gasteiger partial charge on any atom is 0.435 e. The molecule has 0 unspecified atom stereocenters. The number of aryl methyl sites for hydroxylation is 1. The molecule has 0 saturated carbocycles. The van der Waals surface area contributed by atoms with E-state index in [2.05, 4.69) is 9.84 Å². The maximum atomic E-state index is 14.5. The predicted octanol–water partition coefficient (Wildman–Crippen LogP) is 4.97. The fraction of sp³-hybridized carbons (Fsp3) is 0.389. The normalized spacial score (nSPS) is 18.2. The Balaban J connectivity index is 2.03. The molecule has 1 aromatic carbocycles. The molecule has 0 N–H and O–H groups in total. The molecule has 1 heterocycles. The summed E-state index contributed by atoms with van der Waals surface area (Å²) >= 11 is 0. The van der Waals surface area contributed by atoms with Crippen LogP contribution in [0.1, 0.15) is 51.0 Å². The third-order valence-electron chi connectivity index (χ3n) is 4.43. The summed E-state index contributed by atoms with van der Waals surface area (Å²) in [6.45, 7) is -0.876. The van der Waals surface area contributed by atoms with Crippen molar-refractivity contribution in [1.29, 1.82) is 0 Å². The summed E-state index contributed by atoms with van der Waals surface area (Å²) in [5, 5.41) is 3.05. The second kappa shape index (κ2) is 7.61. The molecule has 0 bridgehead atoms. The Kier molecular flexibility index (Phi) is 5.57. The highest BCUT2D eigenvalue weighted by atomic mass is 19.4. The highest BCUT2D eigenvalue weighted by Crippen LogP contribution is 2.50. The van der Waals surface area contributed by atoms with Crippen molar-refractivity contribution in [2.45, 2.75) is 43.8 Å². The molecule has 0 spiro atoms. The summed E-state index contributed by atoms with van der Waals surface area (Å²) in [5.74, 6) is -8.10. The molecule has 1 aliphatic rings. The van der Waals surface area contributed by atoms with Gasteiger partial charge in [-0.1, -0.05) is 18.2 Å². The second-order valence-electron chi connectivity index (χ2n) is 6.65. The van der Waals surface area contributed by atoms with Crippen LogP contribution in [0.5, 0.6) is 0 Å². The largest absolute Gasteiger partial charge is 0.447 e. The molecular weight excluding hydrogens is 444 g/mol. The molecule has 168 valence electrons. The molecule has 1 aromatic heterocycles. The van der Waals surface area contributed by atoms with Crippen LogP contribution in [0.15, 0.2) is 30.3 Å². The van der Waals surface area contributed by atoms with Crippen LogP contribution in [0.25, 0.3) is 0 Å². The molecule has 1 atom stereocenters. The Morgan fingerprint density at radius 1 is 1.10 bits per heavy atom. The van der Waals surface area contributed by atoms with E-state index in [0.29, 0.717) is 0 Å². The third kappa shape index (κ3) is 4.39. The minimum Gasteiger partial charge on any atom is -0.447 e. The van der Waals surface area contributed by atoms with E-state index in [-0.39, 0.29) is 10.2 Å². The fourth-order valence-corrected chi connectivity index (χ4v) is 3.10. The summed E-state index contributed by atoms with van der Waals surface area (Å²) in [6.07, 6.45) is -15.2. The Labute approximate surface area is 168 Å². The summed E-state index contributed by atoms with van der Waals surface area (Å²) in [5.41, 5.74) is -4.79. The first-order valence-corrected chi connectivity index (χ1v) is 8.66. The monoisotopic (exact) mass is 456 g/mol.